The highest BCUT2D eigenvalue weighted by molar-refractivity contribution is 5.76. The number of nitrogens with one attached hydrogen (secondary N) is 1. The van der Waals surface area contributed by atoms with E-state index >= 15 is 0 Å². The number of amides is 1. The summed E-state index contributed by atoms with van der Waals surface area (Å²) in [7, 11) is 0. The zero-order valence-electron chi connectivity index (χ0n) is 12.1. The third kappa shape index (κ3) is 8.18. The molecule has 0 heterocycles. The Balaban J connectivity index is 2.19. The number of halogens is 2. The van der Waals surface area contributed by atoms with E-state index in [0.29, 0.717) is 25.8 Å². The number of hydrogen-bond acceptors (Lipinski definition) is 3. The van der Waals surface area contributed by atoms with Gasteiger partial charge in [-0.25, -0.2) is 0 Å². The number of alkyl halides is 2. The number of carboxylic acids is 1. The Bertz CT molecular complexity index is 477. The van der Waals surface area contributed by atoms with Crippen molar-refractivity contribution in [2.45, 2.75) is 38.7 Å². The minimum atomic E-state index is -2.85. The molecule has 0 radical (unpaired) electrons. The number of unbranched alkanes of at least 4 members (excludes halogenated alkanes) is 1. The first-order chi connectivity index (χ1) is 10.5. The third-order valence-electron chi connectivity index (χ3n) is 2.93. The summed E-state index contributed by atoms with van der Waals surface area (Å²) < 4.78 is 28.2. The molecule has 122 valence electrons. The summed E-state index contributed by atoms with van der Waals surface area (Å²) in [5.74, 6) is -0.879. The first-order valence-electron chi connectivity index (χ1n) is 6.99. The maximum atomic E-state index is 12.0. The van der Waals surface area contributed by atoms with Crippen molar-refractivity contribution in [3.63, 3.8) is 0 Å². The van der Waals surface area contributed by atoms with E-state index in [2.05, 4.69) is 10.1 Å². The number of hydrogen-bond donors (Lipinski definition) is 2. The highest BCUT2D eigenvalue weighted by atomic mass is 19.3. The summed E-state index contributed by atoms with van der Waals surface area (Å²) in [5, 5.41) is 11.2. The number of aliphatic carboxylic acids is 1. The van der Waals surface area contributed by atoms with Gasteiger partial charge in [0.15, 0.2) is 0 Å². The van der Waals surface area contributed by atoms with Crippen molar-refractivity contribution in [2.24, 2.45) is 0 Å². The molecule has 2 N–H and O–H groups in total. The molecule has 5 nitrogen and oxygen atoms in total. The fourth-order valence-electron chi connectivity index (χ4n) is 1.81. The normalized spacial score (nSPS) is 10.5. The van der Waals surface area contributed by atoms with Crippen molar-refractivity contribution >= 4 is 11.9 Å². The molecule has 0 aliphatic heterocycles. The summed E-state index contributed by atoms with van der Waals surface area (Å²) in [4.78, 5) is 21.9. The van der Waals surface area contributed by atoms with E-state index < -0.39 is 12.6 Å². The summed E-state index contributed by atoms with van der Waals surface area (Å²) in [5.41, 5.74) is 0.850. The first kappa shape index (κ1) is 17.9. The van der Waals surface area contributed by atoms with Gasteiger partial charge in [-0.05, 0) is 37.0 Å². The Labute approximate surface area is 127 Å². The van der Waals surface area contributed by atoms with Gasteiger partial charge in [0, 0.05) is 19.4 Å². The molecule has 7 heteroatoms. The number of benzene rings is 1. The standard InChI is InChI=1S/C15H19F2NO4/c16-15(17)22-12-7-4-11(5-8-12)6-9-13(19)18-10-2-1-3-14(20)21/h4-5,7-8,15H,1-3,6,9-10H2,(H,18,19)(H,20,21). The zero-order valence-corrected chi connectivity index (χ0v) is 12.1. The van der Waals surface area contributed by atoms with Gasteiger partial charge in [-0.2, -0.15) is 8.78 Å². The van der Waals surface area contributed by atoms with Gasteiger partial charge >= 0.3 is 12.6 Å². The highest BCUT2D eigenvalue weighted by Crippen LogP contribution is 2.15. The molecule has 22 heavy (non-hydrogen) atoms. The van der Waals surface area contributed by atoms with E-state index in [4.69, 9.17) is 5.11 Å². The van der Waals surface area contributed by atoms with Crippen LogP contribution in [0.25, 0.3) is 0 Å². The Morgan fingerprint density at radius 2 is 1.82 bits per heavy atom. The van der Waals surface area contributed by atoms with Crippen molar-refractivity contribution < 1.29 is 28.2 Å². The molecule has 0 aromatic heterocycles. The van der Waals surface area contributed by atoms with E-state index in [0.717, 1.165) is 5.56 Å². The van der Waals surface area contributed by atoms with Gasteiger partial charge in [-0.1, -0.05) is 12.1 Å². The lowest BCUT2D eigenvalue weighted by Crippen LogP contribution is -2.24. The second kappa shape index (κ2) is 9.70. The quantitative estimate of drug-likeness (QED) is 0.651. The molecule has 0 saturated carbocycles. The molecule has 1 aromatic rings. The minimum absolute atomic E-state index is 0.0848. The summed E-state index contributed by atoms with van der Waals surface area (Å²) in [6, 6.07) is 6.15. The monoisotopic (exact) mass is 315 g/mol. The predicted molar refractivity (Wildman–Crippen MR) is 75.9 cm³/mol. The van der Waals surface area contributed by atoms with Gasteiger partial charge in [-0.3, -0.25) is 9.59 Å². The predicted octanol–water partition coefficient (Wildman–Crippen LogP) is 2.59. The van der Waals surface area contributed by atoms with Gasteiger partial charge < -0.3 is 15.2 Å². The topological polar surface area (TPSA) is 75.6 Å². The lowest BCUT2D eigenvalue weighted by Gasteiger charge is -2.07. The number of rotatable bonds is 10. The number of aryl methyl sites for hydroxylation is 1. The van der Waals surface area contributed by atoms with Crippen LogP contribution in [0.5, 0.6) is 5.75 Å². The lowest BCUT2D eigenvalue weighted by atomic mass is 10.1. The third-order valence-corrected chi connectivity index (χ3v) is 2.93. The van der Waals surface area contributed by atoms with Gasteiger partial charge in [0.05, 0.1) is 0 Å². The van der Waals surface area contributed by atoms with Crippen LogP contribution in [-0.2, 0) is 16.0 Å². The molecule has 0 fully saturated rings. The summed E-state index contributed by atoms with van der Waals surface area (Å²) in [6.07, 6.45) is 2.03. The van der Waals surface area contributed by atoms with Crippen molar-refractivity contribution in [1.82, 2.24) is 5.32 Å². The fraction of sp³-hybridized carbons (Fsp3) is 0.467. The molecular formula is C15H19F2NO4. The van der Waals surface area contributed by atoms with Gasteiger partial charge in [-0.15, -0.1) is 0 Å². The first-order valence-corrected chi connectivity index (χ1v) is 6.99. The number of ether oxygens (including phenoxy) is 1. The van der Waals surface area contributed by atoms with Crippen LogP contribution in [0.4, 0.5) is 8.78 Å². The molecule has 0 spiro atoms. The van der Waals surface area contributed by atoms with E-state index in [1.165, 1.54) is 12.1 Å². The SMILES string of the molecule is O=C(O)CCCCNC(=O)CCc1ccc(OC(F)F)cc1. The smallest absolute Gasteiger partial charge is 0.387 e. The molecule has 1 aromatic carbocycles. The average molecular weight is 315 g/mol. The van der Waals surface area contributed by atoms with Crippen LogP contribution < -0.4 is 10.1 Å². The molecular weight excluding hydrogens is 296 g/mol. The maximum Gasteiger partial charge on any atom is 0.387 e. The Kier molecular flexibility index (Phi) is 7.88. The molecule has 0 saturated heterocycles. The van der Waals surface area contributed by atoms with Gasteiger partial charge in [0.1, 0.15) is 5.75 Å². The molecule has 1 rings (SSSR count). The molecule has 1 amide bonds. The van der Waals surface area contributed by atoms with Crippen LogP contribution in [-0.4, -0.2) is 30.1 Å². The minimum Gasteiger partial charge on any atom is -0.481 e. The Hall–Kier alpha value is -2.18. The van der Waals surface area contributed by atoms with Crippen molar-refractivity contribution in [2.75, 3.05) is 6.54 Å². The molecule has 0 aliphatic rings. The number of carbonyl (C=O) groups is 2. The summed E-state index contributed by atoms with van der Waals surface area (Å²) in [6.45, 7) is -2.40. The zero-order chi connectivity index (χ0) is 16.4. The molecule has 0 atom stereocenters. The van der Waals surface area contributed by atoms with Gasteiger partial charge in [0.25, 0.3) is 0 Å². The largest absolute Gasteiger partial charge is 0.481 e. The van der Waals surface area contributed by atoms with Crippen LogP contribution in [0, 0.1) is 0 Å². The number of carbonyl (C=O) groups excluding carboxylic acids is 1. The van der Waals surface area contributed by atoms with Crippen LogP contribution >= 0.6 is 0 Å². The molecule has 0 unspecified atom stereocenters. The van der Waals surface area contributed by atoms with E-state index in [-0.39, 0.29) is 24.5 Å². The van der Waals surface area contributed by atoms with E-state index in [1.807, 2.05) is 0 Å². The Morgan fingerprint density at radius 3 is 2.41 bits per heavy atom. The van der Waals surface area contributed by atoms with Gasteiger partial charge in [0.2, 0.25) is 5.91 Å². The fourth-order valence-corrected chi connectivity index (χ4v) is 1.81. The average Bonchev–Trinajstić information content (AvgIpc) is 2.45. The lowest BCUT2D eigenvalue weighted by molar-refractivity contribution is -0.137. The molecule has 0 aliphatic carbocycles. The van der Waals surface area contributed by atoms with Crippen LogP contribution in [0.2, 0.25) is 0 Å². The van der Waals surface area contributed by atoms with E-state index in [1.54, 1.807) is 12.1 Å². The highest BCUT2D eigenvalue weighted by Gasteiger charge is 2.05. The van der Waals surface area contributed by atoms with Crippen molar-refractivity contribution in [3.05, 3.63) is 29.8 Å². The maximum absolute atomic E-state index is 12.0. The van der Waals surface area contributed by atoms with E-state index in [9.17, 15) is 18.4 Å². The van der Waals surface area contributed by atoms with Crippen LogP contribution in [0.1, 0.15) is 31.2 Å². The second-order valence-electron chi connectivity index (χ2n) is 4.72. The summed E-state index contributed by atoms with van der Waals surface area (Å²) >= 11 is 0. The second-order valence-corrected chi connectivity index (χ2v) is 4.72. The van der Waals surface area contributed by atoms with Crippen molar-refractivity contribution in [3.8, 4) is 5.75 Å². The van der Waals surface area contributed by atoms with Crippen LogP contribution in [0.15, 0.2) is 24.3 Å². The Morgan fingerprint density at radius 1 is 1.14 bits per heavy atom. The molecule has 0 bridgehead atoms. The number of carboxylic acid groups (broad SMARTS) is 1. The van der Waals surface area contributed by atoms with Crippen molar-refractivity contribution in [1.29, 1.82) is 0 Å². The van der Waals surface area contributed by atoms with Crippen LogP contribution in [0.3, 0.4) is 0 Å².